The van der Waals surface area contributed by atoms with Crippen LogP contribution in [0.2, 0.25) is 0 Å². The van der Waals surface area contributed by atoms with Crippen LogP contribution in [0.25, 0.3) is 0 Å². The summed E-state index contributed by atoms with van der Waals surface area (Å²) in [6.45, 7) is 6.76. The van der Waals surface area contributed by atoms with E-state index in [1.165, 1.54) is 43.4 Å². The fourth-order valence-corrected chi connectivity index (χ4v) is 4.28. The molecule has 2 rings (SSSR count). The van der Waals surface area contributed by atoms with E-state index in [2.05, 4.69) is 51.1 Å². The van der Waals surface area contributed by atoms with Crippen molar-refractivity contribution in [2.75, 3.05) is 0 Å². The molecule has 0 saturated heterocycles. The van der Waals surface area contributed by atoms with Crippen LogP contribution < -0.4 is 0 Å². The zero-order valence-corrected chi connectivity index (χ0v) is 17.5. The second-order valence-corrected chi connectivity index (χ2v) is 9.18. The van der Waals surface area contributed by atoms with E-state index in [1.54, 1.807) is 0 Å². The van der Waals surface area contributed by atoms with Gasteiger partial charge in [-0.3, -0.25) is 4.55 Å². The lowest BCUT2D eigenvalue weighted by atomic mass is 9.82. The van der Waals surface area contributed by atoms with E-state index in [0.29, 0.717) is 11.8 Å². The summed E-state index contributed by atoms with van der Waals surface area (Å²) in [5.74, 6) is 1.54. The topological polar surface area (TPSA) is 54.4 Å². The van der Waals surface area contributed by atoms with E-state index in [0.717, 1.165) is 17.9 Å². The Balaban J connectivity index is 2.11. The number of hydrogen-bond acceptors (Lipinski definition) is 2. The molecule has 0 radical (unpaired) electrons. The van der Waals surface area contributed by atoms with Gasteiger partial charge in [0.15, 0.2) is 0 Å². The molecular weight excluding hydrogens is 356 g/mol. The average molecular weight is 389 g/mol. The zero-order chi connectivity index (χ0) is 19.9. The molecular formula is C23H32O3S. The Morgan fingerprint density at radius 3 is 2.04 bits per heavy atom. The highest BCUT2D eigenvalue weighted by Gasteiger charge is 2.18. The van der Waals surface area contributed by atoms with Crippen LogP contribution in [0.15, 0.2) is 59.5 Å². The lowest BCUT2D eigenvalue weighted by Gasteiger charge is -2.23. The summed E-state index contributed by atoms with van der Waals surface area (Å²) < 4.78 is 31.6. The van der Waals surface area contributed by atoms with Gasteiger partial charge >= 0.3 is 0 Å². The number of rotatable bonds is 10. The van der Waals surface area contributed by atoms with Gasteiger partial charge in [0.1, 0.15) is 0 Å². The fraction of sp³-hybridized carbons (Fsp3) is 0.478. The highest BCUT2D eigenvalue weighted by atomic mass is 32.2. The van der Waals surface area contributed by atoms with Gasteiger partial charge in [-0.1, -0.05) is 82.5 Å². The van der Waals surface area contributed by atoms with E-state index in [-0.39, 0.29) is 4.90 Å². The first-order chi connectivity index (χ1) is 12.8. The molecule has 148 valence electrons. The Hall–Kier alpha value is -1.65. The molecule has 3 atom stereocenters. The second kappa shape index (κ2) is 10.0. The highest BCUT2D eigenvalue weighted by Crippen LogP contribution is 2.34. The van der Waals surface area contributed by atoms with Crippen LogP contribution >= 0.6 is 0 Å². The van der Waals surface area contributed by atoms with Crippen molar-refractivity contribution in [3.05, 3.63) is 65.7 Å². The minimum absolute atomic E-state index is 0.0496. The zero-order valence-electron chi connectivity index (χ0n) is 16.6. The molecule has 0 heterocycles. The molecule has 4 heteroatoms. The Kier molecular flexibility index (Phi) is 8.06. The fourth-order valence-electron chi connectivity index (χ4n) is 3.80. The maximum absolute atomic E-state index is 11.2. The first-order valence-electron chi connectivity index (χ1n) is 9.93. The van der Waals surface area contributed by atoms with E-state index in [1.807, 2.05) is 12.1 Å². The van der Waals surface area contributed by atoms with Gasteiger partial charge in [-0.25, -0.2) is 0 Å². The van der Waals surface area contributed by atoms with Crippen molar-refractivity contribution in [2.45, 2.75) is 69.6 Å². The molecule has 2 aromatic carbocycles. The van der Waals surface area contributed by atoms with E-state index < -0.39 is 10.1 Å². The summed E-state index contributed by atoms with van der Waals surface area (Å²) >= 11 is 0. The SMILES string of the molecule is CCCC(C)CCC(CC(C)c1ccc(S(=O)(=O)O)cc1)c1ccccc1. The first-order valence-corrected chi connectivity index (χ1v) is 11.4. The maximum atomic E-state index is 11.2. The van der Waals surface area contributed by atoms with E-state index in [9.17, 15) is 8.42 Å². The van der Waals surface area contributed by atoms with Crippen molar-refractivity contribution >= 4 is 10.1 Å². The van der Waals surface area contributed by atoms with Gasteiger partial charge in [0.2, 0.25) is 0 Å². The molecule has 0 spiro atoms. The minimum atomic E-state index is -4.13. The Bertz CT molecular complexity index is 782. The summed E-state index contributed by atoms with van der Waals surface area (Å²) in [5.41, 5.74) is 2.48. The number of benzene rings is 2. The highest BCUT2D eigenvalue weighted by molar-refractivity contribution is 7.85. The van der Waals surface area contributed by atoms with Crippen molar-refractivity contribution in [3.63, 3.8) is 0 Å². The molecule has 0 aliphatic heterocycles. The van der Waals surface area contributed by atoms with Gasteiger partial charge in [0.25, 0.3) is 10.1 Å². The smallest absolute Gasteiger partial charge is 0.282 e. The second-order valence-electron chi connectivity index (χ2n) is 7.76. The molecule has 0 amide bonds. The Morgan fingerprint density at radius 2 is 1.48 bits per heavy atom. The molecule has 1 N–H and O–H groups in total. The third-order valence-electron chi connectivity index (χ3n) is 5.45. The predicted molar refractivity (Wildman–Crippen MR) is 112 cm³/mol. The van der Waals surface area contributed by atoms with Crippen LogP contribution in [0, 0.1) is 5.92 Å². The minimum Gasteiger partial charge on any atom is -0.282 e. The molecule has 3 nitrogen and oxygen atoms in total. The van der Waals surface area contributed by atoms with E-state index in [4.69, 9.17) is 4.55 Å². The average Bonchev–Trinajstić information content (AvgIpc) is 2.65. The summed E-state index contributed by atoms with van der Waals surface area (Å²) in [6.07, 6.45) is 5.91. The lowest BCUT2D eigenvalue weighted by Crippen LogP contribution is -2.07. The summed E-state index contributed by atoms with van der Waals surface area (Å²) in [6, 6.07) is 17.3. The van der Waals surface area contributed by atoms with Crippen molar-refractivity contribution in [1.82, 2.24) is 0 Å². The molecule has 0 aromatic heterocycles. The normalized spacial score (nSPS) is 15.3. The quantitative estimate of drug-likeness (QED) is 0.477. The Labute approximate surface area is 164 Å². The van der Waals surface area contributed by atoms with Crippen LogP contribution in [-0.2, 0) is 10.1 Å². The van der Waals surface area contributed by atoms with Crippen molar-refractivity contribution in [3.8, 4) is 0 Å². The molecule has 0 fully saturated rings. The van der Waals surface area contributed by atoms with Crippen LogP contribution in [0.5, 0.6) is 0 Å². The van der Waals surface area contributed by atoms with Crippen LogP contribution in [-0.4, -0.2) is 13.0 Å². The lowest BCUT2D eigenvalue weighted by molar-refractivity contribution is 0.420. The van der Waals surface area contributed by atoms with Gasteiger partial charge in [0, 0.05) is 0 Å². The molecule has 0 aliphatic carbocycles. The van der Waals surface area contributed by atoms with Gasteiger partial charge in [0.05, 0.1) is 4.90 Å². The van der Waals surface area contributed by atoms with Gasteiger partial charge < -0.3 is 0 Å². The maximum Gasteiger partial charge on any atom is 0.294 e. The van der Waals surface area contributed by atoms with Crippen LogP contribution in [0.4, 0.5) is 0 Å². The molecule has 27 heavy (non-hydrogen) atoms. The van der Waals surface area contributed by atoms with Gasteiger partial charge in [-0.2, -0.15) is 8.42 Å². The summed E-state index contributed by atoms with van der Waals surface area (Å²) in [7, 11) is -4.13. The summed E-state index contributed by atoms with van der Waals surface area (Å²) in [5, 5.41) is 0. The largest absolute Gasteiger partial charge is 0.294 e. The number of hydrogen-bond donors (Lipinski definition) is 1. The van der Waals surface area contributed by atoms with E-state index >= 15 is 0 Å². The van der Waals surface area contributed by atoms with Crippen molar-refractivity contribution < 1.29 is 13.0 Å². The molecule has 0 aliphatic rings. The third-order valence-corrected chi connectivity index (χ3v) is 6.31. The molecule has 0 saturated carbocycles. The molecule has 0 bridgehead atoms. The molecule has 3 unspecified atom stereocenters. The van der Waals surface area contributed by atoms with Gasteiger partial charge in [-0.15, -0.1) is 0 Å². The third kappa shape index (κ3) is 6.78. The monoisotopic (exact) mass is 388 g/mol. The standard InChI is InChI=1S/C23H32O3S/c1-4-8-18(2)11-12-22(21-9-6-5-7-10-21)17-19(3)20-13-15-23(16-14-20)27(24,25)26/h5-7,9-10,13-16,18-19,22H,4,8,11-12,17H2,1-3H3,(H,24,25,26). The predicted octanol–water partition coefficient (Wildman–Crippen LogP) is 6.43. The summed E-state index contributed by atoms with van der Waals surface area (Å²) in [4.78, 5) is -0.0496. The first kappa shape index (κ1) is 21.6. The van der Waals surface area contributed by atoms with Gasteiger partial charge in [-0.05, 0) is 53.9 Å². The van der Waals surface area contributed by atoms with Crippen LogP contribution in [0.1, 0.15) is 75.8 Å². The molecule has 2 aromatic rings. The van der Waals surface area contributed by atoms with Crippen molar-refractivity contribution in [2.24, 2.45) is 5.92 Å². The van der Waals surface area contributed by atoms with Crippen LogP contribution in [0.3, 0.4) is 0 Å². The Morgan fingerprint density at radius 1 is 0.852 bits per heavy atom. The van der Waals surface area contributed by atoms with Crippen molar-refractivity contribution in [1.29, 1.82) is 0 Å².